The third-order valence-corrected chi connectivity index (χ3v) is 3.41. The molecule has 0 aromatic carbocycles. The van der Waals surface area contributed by atoms with Gasteiger partial charge in [-0.3, -0.25) is 0 Å². The van der Waals surface area contributed by atoms with Crippen LogP contribution < -0.4 is 5.32 Å². The molecular weight excluding hydrogens is 229 g/mol. The SMILES string of the molecule is CN(C)CCNCC1CCCC(C(F)(F)F)C1. The lowest BCUT2D eigenvalue weighted by Gasteiger charge is -2.30. The molecule has 0 spiro atoms. The molecule has 1 aliphatic rings. The van der Waals surface area contributed by atoms with Crippen LogP contribution in [0.1, 0.15) is 25.7 Å². The summed E-state index contributed by atoms with van der Waals surface area (Å²) in [5, 5.41) is 3.25. The lowest BCUT2D eigenvalue weighted by Crippen LogP contribution is -2.35. The summed E-state index contributed by atoms with van der Waals surface area (Å²) >= 11 is 0. The minimum atomic E-state index is -4.00. The Morgan fingerprint density at radius 3 is 2.53 bits per heavy atom. The highest BCUT2D eigenvalue weighted by molar-refractivity contribution is 4.79. The van der Waals surface area contributed by atoms with Crippen molar-refractivity contribution in [1.82, 2.24) is 10.2 Å². The van der Waals surface area contributed by atoms with Crippen molar-refractivity contribution in [2.45, 2.75) is 31.9 Å². The first-order chi connectivity index (χ1) is 7.89. The van der Waals surface area contributed by atoms with Crippen molar-refractivity contribution in [2.24, 2.45) is 11.8 Å². The lowest BCUT2D eigenvalue weighted by molar-refractivity contribution is -0.185. The summed E-state index contributed by atoms with van der Waals surface area (Å²) in [6, 6.07) is 0. The molecule has 5 heteroatoms. The van der Waals surface area contributed by atoms with Gasteiger partial charge in [-0.2, -0.15) is 13.2 Å². The zero-order chi connectivity index (χ0) is 12.9. The molecule has 1 fully saturated rings. The lowest BCUT2D eigenvalue weighted by atomic mass is 9.81. The van der Waals surface area contributed by atoms with Crippen LogP contribution in [0.4, 0.5) is 13.2 Å². The Labute approximate surface area is 102 Å². The maximum Gasteiger partial charge on any atom is 0.391 e. The van der Waals surface area contributed by atoms with E-state index in [2.05, 4.69) is 10.2 Å². The minimum absolute atomic E-state index is 0.192. The van der Waals surface area contributed by atoms with E-state index < -0.39 is 12.1 Å². The smallest absolute Gasteiger partial charge is 0.315 e. The molecule has 0 aliphatic heterocycles. The molecule has 0 saturated heterocycles. The summed E-state index contributed by atoms with van der Waals surface area (Å²) in [7, 11) is 3.98. The summed E-state index contributed by atoms with van der Waals surface area (Å²) < 4.78 is 37.7. The Balaban J connectivity index is 2.21. The van der Waals surface area contributed by atoms with Gasteiger partial charge in [0.2, 0.25) is 0 Å². The van der Waals surface area contributed by atoms with Gasteiger partial charge in [-0.25, -0.2) is 0 Å². The van der Waals surface area contributed by atoms with Gasteiger partial charge < -0.3 is 10.2 Å². The second kappa shape index (κ2) is 6.59. The van der Waals surface area contributed by atoms with Gasteiger partial charge in [-0.1, -0.05) is 6.42 Å². The van der Waals surface area contributed by atoms with E-state index in [1.807, 2.05) is 14.1 Å². The van der Waals surface area contributed by atoms with Crippen molar-refractivity contribution in [3.8, 4) is 0 Å². The molecule has 0 amide bonds. The minimum Gasteiger partial charge on any atom is -0.315 e. The van der Waals surface area contributed by atoms with E-state index in [0.717, 1.165) is 26.1 Å². The summed E-state index contributed by atoms with van der Waals surface area (Å²) in [6.07, 6.45) is -1.73. The first kappa shape index (κ1) is 14.8. The maximum atomic E-state index is 12.6. The topological polar surface area (TPSA) is 15.3 Å². The van der Waals surface area contributed by atoms with Crippen LogP contribution in [0.2, 0.25) is 0 Å². The normalized spacial score (nSPS) is 26.5. The van der Waals surface area contributed by atoms with Crippen molar-refractivity contribution in [3.05, 3.63) is 0 Å². The summed E-state index contributed by atoms with van der Waals surface area (Å²) in [5.41, 5.74) is 0. The number of nitrogens with one attached hydrogen (secondary N) is 1. The highest BCUT2D eigenvalue weighted by atomic mass is 19.4. The van der Waals surface area contributed by atoms with E-state index in [1.165, 1.54) is 0 Å². The maximum absolute atomic E-state index is 12.6. The molecule has 2 unspecified atom stereocenters. The van der Waals surface area contributed by atoms with E-state index in [9.17, 15) is 13.2 Å². The number of nitrogens with zero attached hydrogens (tertiary/aromatic N) is 1. The average Bonchev–Trinajstić information content (AvgIpc) is 2.23. The molecule has 1 N–H and O–H groups in total. The van der Waals surface area contributed by atoms with Crippen LogP contribution in [0.3, 0.4) is 0 Å². The van der Waals surface area contributed by atoms with E-state index in [4.69, 9.17) is 0 Å². The molecule has 1 rings (SSSR count). The molecule has 0 aromatic heterocycles. The van der Waals surface area contributed by atoms with Crippen molar-refractivity contribution < 1.29 is 13.2 Å². The largest absolute Gasteiger partial charge is 0.391 e. The Bertz CT molecular complexity index is 216. The van der Waals surface area contributed by atoms with Gasteiger partial charge in [0.1, 0.15) is 0 Å². The van der Waals surface area contributed by atoms with Gasteiger partial charge in [0, 0.05) is 13.1 Å². The molecule has 0 heterocycles. The summed E-state index contributed by atoms with van der Waals surface area (Å²) in [4.78, 5) is 2.06. The number of rotatable bonds is 5. The fourth-order valence-electron chi connectivity index (χ4n) is 2.38. The zero-order valence-electron chi connectivity index (χ0n) is 10.7. The number of halogens is 3. The molecule has 0 bridgehead atoms. The number of likely N-dealkylation sites (N-methyl/N-ethyl adjacent to an activating group) is 1. The van der Waals surface area contributed by atoms with E-state index in [-0.39, 0.29) is 5.92 Å². The zero-order valence-corrected chi connectivity index (χ0v) is 10.7. The first-order valence-corrected chi connectivity index (χ1v) is 6.31. The molecule has 0 aromatic rings. The van der Waals surface area contributed by atoms with E-state index >= 15 is 0 Å². The average molecular weight is 252 g/mol. The van der Waals surface area contributed by atoms with Gasteiger partial charge in [0.25, 0.3) is 0 Å². The Hall–Kier alpha value is -0.290. The van der Waals surface area contributed by atoms with Crippen molar-refractivity contribution in [2.75, 3.05) is 33.7 Å². The highest BCUT2D eigenvalue weighted by Crippen LogP contribution is 2.39. The van der Waals surface area contributed by atoms with E-state index in [1.54, 1.807) is 0 Å². The number of hydrogen-bond acceptors (Lipinski definition) is 2. The van der Waals surface area contributed by atoms with Gasteiger partial charge in [0.05, 0.1) is 5.92 Å². The number of alkyl halides is 3. The summed E-state index contributed by atoms with van der Waals surface area (Å²) in [5.74, 6) is -0.880. The van der Waals surface area contributed by atoms with Gasteiger partial charge in [-0.05, 0) is 45.8 Å². The van der Waals surface area contributed by atoms with Crippen LogP contribution in [0.25, 0.3) is 0 Å². The molecule has 17 heavy (non-hydrogen) atoms. The third-order valence-electron chi connectivity index (χ3n) is 3.41. The van der Waals surface area contributed by atoms with Crippen LogP contribution in [-0.4, -0.2) is 44.8 Å². The molecule has 102 valence electrons. The first-order valence-electron chi connectivity index (χ1n) is 6.31. The molecule has 2 atom stereocenters. The molecular formula is C12H23F3N2. The van der Waals surface area contributed by atoms with Crippen molar-refractivity contribution in [3.63, 3.8) is 0 Å². The molecule has 2 nitrogen and oxygen atoms in total. The van der Waals surface area contributed by atoms with Gasteiger partial charge >= 0.3 is 6.18 Å². The van der Waals surface area contributed by atoms with Crippen molar-refractivity contribution >= 4 is 0 Å². The Morgan fingerprint density at radius 2 is 1.94 bits per heavy atom. The second-order valence-electron chi connectivity index (χ2n) is 5.28. The van der Waals surface area contributed by atoms with Gasteiger partial charge in [0.15, 0.2) is 0 Å². The summed E-state index contributed by atoms with van der Waals surface area (Å²) in [6.45, 7) is 2.50. The van der Waals surface area contributed by atoms with Crippen LogP contribution in [0, 0.1) is 11.8 Å². The quantitative estimate of drug-likeness (QED) is 0.756. The van der Waals surface area contributed by atoms with Crippen LogP contribution in [0.5, 0.6) is 0 Å². The molecule has 1 aliphatic carbocycles. The van der Waals surface area contributed by atoms with E-state index in [0.29, 0.717) is 19.3 Å². The third kappa shape index (κ3) is 5.73. The predicted molar refractivity (Wildman–Crippen MR) is 62.9 cm³/mol. The molecule has 1 saturated carbocycles. The van der Waals surface area contributed by atoms with Gasteiger partial charge in [-0.15, -0.1) is 0 Å². The monoisotopic (exact) mass is 252 g/mol. The van der Waals surface area contributed by atoms with Crippen LogP contribution in [0.15, 0.2) is 0 Å². The Morgan fingerprint density at radius 1 is 1.24 bits per heavy atom. The second-order valence-corrected chi connectivity index (χ2v) is 5.28. The highest BCUT2D eigenvalue weighted by Gasteiger charge is 2.41. The van der Waals surface area contributed by atoms with Crippen molar-refractivity contribution in [1.29, 1.82) is 0 Å². The number of hydrogen-bond donors (Lipinski definition) is 1. The van der Waals surface area contributed by atoms with Crippen LogP contribution >= 0.6 is 0 Å². The van der Waals surface area contributed by atoms with Crippen LogP contribution in [-0.2, 0) is 0 Å². The standard InChI is InChI=1S/C12H23F3N2/c1-17(2)7-6-16-9-10-4-3-5-11(8-10)12(13,14)15/h10-11,16H,3-9H2,1-2H3. The molecule has 0 radical (unpaired) electrons. The Kier molecular flexibility index (Phi) is 5.73. The predicted octanol–water partition coefficient (Wildman–Crippen LogP) is 2.51. The fraction of sp³-hybridized carbons (Fsp3) is 1.00. The fourth-order valence-corrected chi connectivity index (χ4v) is 2.38.